The molecule has 3 amide bonds. The highest BCUT2D eigenvalue weighted by Gasteiger charge is 2.31. The van der Waals surface area contributed by atoms with E-state index in [9.17, 15) is 19.5 Å². The van der Waals surface area contributed by atoms with Crippen LogP contribution in [0, 0.1) is 11.8 Å². The van der Waals surface area contributed by atoms with Crippen LogP contribution >= 0.6 is 0 Å². The van der Waals surface area contributed by atoms with Gasteiger partial charge >= 0.3 is 12.0 Å². The smallest absolute Gasteiger partial charge is 0.317 e. The number of hydrogen-bond acceptors (Lipinski definition) is 3. The lowest BCUT2D eigenvalue weighted by atomic mass is 9.91. The zero-order chi connectivity index (χ0) is 17.7. The molecule has 1 fully saturated rings. The molecule has 1 saturated heterocycles. The lowest BCUT2D eigenvalue weighted by molar-refractivity contribution is -0.143. The predicted octanol–water partition coefficient (Wildman–Crippen LogP) is 1.90. The second-order valence-electron chi connectivity index (χ2n) is 6.32. The first-order chi connectivity index (χ1) is 11.3. The quantitative estimate of drug-likeness (QED) is 0.783. The van der Waals surface area contributed by atoms with Crippen molar-refractivity contribution in [2.75, 3.05) is 18.4 Å². The Morgan fingerprint density at radius 2 is 2.04 bits per heavy atom. The average molecular weight is 333 g/mol. The fourth-order valence-corrected chi connectivity index (χ4v) is 2.95. The fourth-order valence-electron chi connectivity index (χ4n) is 2.95. The lowest BCUT2D eigenvalue weighted by Crippen LogP contribution is -2.49. The summed E-state index contributed by atoms with van der Waals surface area (Å²) in [6.45, 7) is 4.49. The zero-order valence-electron chi connectivity index (χ0n) is 13.9. The van der Waals surface area contributed by atoms with Gasteiger partial charge in [0.2, 0.25) is 5.91 Å². The van der Waals surface area contributed by atoms with E-state index in [-0.39, 0.29) is 24.4 Å². The van der Waals surface area contributed by atoms with Crippen molar-refractivity contribution in [2.24, 2.45) is 11.8 Å². The van der Waals surface area contributed by atoms with Crippen LogP contribution in [0.1, 0.15) is 25.8 Å². The van der Waals surface area contributed by atoms with Crippen LogP contribution in [-0.4, -0.2) is 41.0 Å². The van der Waals surface area contributed by atoms with Crippen molar-refractivity contribution >= 4 is 23.6 Å². The maximum atomic E-state index is 12.3. The van der Waals surface area contributed by atoms with E-state index in [1.165, 1.54) is 6.92 Å². The van der Waals surface area contributed by atoms with Gasteiger partial charge in [-0.1, -0.05) is 19.1 Å². The van der Waals surface area contributed by atoms with E-state index in [1.54, 1.807) is 23.1 Å². The van der Waals surface area contributed by atoms with E-state index in [4.69, 9.17) is 0 Å². The molecule has 1 heterocycles. The van der Waals surface area contributed by atoms with Gasteiger partial charge in [-0.3, -0.25) is 9.59 Å². The number of piperidine rings is 1. The van der Waals surface area contributed by atoms with Gasteiger partial charge in [0.05, 0.1) is 5.92 Å². The Morgan fingerprint density at radius 3 is 2.71 bits per heavy atom. The lowest BCUT2D eigenvalue weighted by Gasteiger charge is -2.34. The van der Waals surface area contributed by atoms with Gasteiger partial charge in [-0.2, -0.15) is 0 Å². The number of amides is 3. The Bertz CT molecular complexity index is 632. The minimum absolute atomic E-state index is 0.154. The summed E-state index contributed by atoms with van der Waals surface area (Å²) in [4.78, 5) is 36.1. The van der Waals surface area contributed by atoms with Gasteiger partial charge in [-0.15, -0.1) is 0 Å². The van der Waals surface area contributed by atoms with Crippen LogP contribution in [0.2, 0.25) is 0 Å². The number of anilines is 1. The summed E-state index contributed by atoms with van der Waals surface area (Å²) in [6, 6.07) is 6.95. The summed E-state index contributed by atoms with van der Waals surface area (Å²) >= 11 is 0. The van der Waals surface area contributed by atoms with Crippen LogP contribution in [0.5, 0.6) is 0 Å². The Morgan fingerprint density at radius 1 is 1.29 bits per heavy atom. The molecule has 2 atom stereocenters. The summed E-state index contributed by atoms with van der Waals surface area (Å²) in [5, 5.41) is 14.7. The molecule has 2 rings (SSSR count). The number of urea groups is 1. The van der Waals surface area contributed by atoms with Crippen LogP contribution in [-0.2, 0) is 16.1 Å². The number of benzene rings is 1. The maximum Gasteiger partial charge on any atom is 0.317 e. The van der Waals surface area contributed by atoms with Gasteiger partial charge in [0.15, 0.2) is 0 Å². The van der Waals surface area contributed by atoms with Gasteiger partial charge < -0.3 is 20.6 Å². The minimum Gasteiger partial charge on any atom is -0.481 e. The standard InChI is InChI=1S/C17H23N3O4/c1-11-6-14(16(22)23)10-20(9-11)17(24)18-8-13-4-3-5-15(7-13)19-12(2)21/h3-5,7,11,14H,6,8-10H2,1-2H3,(H,18,24)(H,19,21)(H,22,23). The molecule has 7 nitrogen and oxygen atoms in total. The number of carbonyl (C=O) groups is 3. The zero-order valence-corrected chi connectivity index (χ0v) is 13.9. The first-order valence-corrected chi connectivity index (χ1v) is 7.97. The van der Waals surface area contributed by atoms with Crippen molar-refractivity contribution in [3.05, 3.63) is 29.8 Å². The van der Waals surface area contributed by atoms with Crippen molar-refractivity contribution in [3.8, 4) is 0 Å². The Kier molecular flexibility index (Phi) is 5.78. The highest BCUT2D eigenvalue weighted by molar-refractivity contribution is 5.88. The number of nitrogens with zero attached hydrogens (tertiary/aromatic N) is 1. The van der Waals surface area contributed by atoms with Gasteiger partial charge in [-0.05, 0) is 30.0 Å². The molecule has 2 unspecified atom stereocenters. The van der Waals surface area contributed by atoms with Crippen molar-refractivity contribution < 1.29 is 19.5 Å². The van der Waals surface area contributed by atoms with E-state index in [1.807, 2.05) is 13.0 Å². The molecule has 24 heavy (non-hydrogen) atoms. The van der Waals surface area contributed by atoms with E-state index in [2.05, 4.69) is 10.6 Å². The molecular formula is C17H23N3O4. The largest absolute Gasteiger partial charge is 0.481 e. The van der Waals surface area contributed by atoms with E-state index in [0.29, 0.717) is 25.2 Å². The highest BCUT2D eigenvalue weighted by Crippen LogP contribution is 2.21. The molecule has 0 aromatic heterocycles. The molecular weight excluding hydrogens is 310 g/mol. The summed E-state index contributed by atoms with van der Waals surface area (Å²) in [7, 11) is 0. The summed E-state index contributed by atoms with van der Waals surface area (Å²) in [6.07, 6.45) is 0.595. The third-order valence-corrected chi connectivity index (χ3v) is 3.99. The molecule has 0 spiro atoms. The maximum absolute atomic E-state index is 12.3. The summed E-state index contributed by atoms with van der Waals surface area (Å²) in [5.41, 5.74) is 1.53. The van der Waals surface area contributed by atoms with E-state index < -0.39 is 11.9 Å². The van der Waals surface area contributed by atoms with Crippen molar-refractivity contribution in [3.63, 3.8) is 0 Å². The first-order valence-electron chi connectivity index (χ1n) is 7.97. The number of nitrogens with one attached hydrogen (secondary N) is 2. The topological polar surface area (TPSA) is 98.7 Å². The van der Waals surface area contributed by atoms with Crippen molar-refractivity contribution in [1.29, 1.82) is 0 Å². The van der Waals surface area contributed by atoms with Gasteiger partial charge in [0.25, 0.3) is 0 Å². The fraction of sp³-hybridized carbons (Fsp3) is 0.471. The molecule has 1 aromatic carbocycles. The second-order valence-corrected chi connectivity index (χ2v) is 6.32. The third-order valence-electron chi connectivity index (χ3n) is 3.99. The molecule has 0 bridgehead atoms. The monoisotopic (exact) mass is 333 g/mol. The van der Waals surface area contributed by atoms with E-state index in [0.717, 1.165) is 5.56 Å². The molecule has 7 heteroatoms. The van der Waals surface area contributed by atoms with Crippen molar-refractivity contribution in [1.82, 2.24) is 10.2 Å². The van der Waals surface area contributed by atoms with Crippen LogP contribution in [0.15, 0.2) is 24.3 Å². The Labute approximate surface area is 141 Å². The number of likely N-dealkylation sites (tertiary alicyclic amines) is 1. The predicted molar refractivity (Wildman–Crippen MR) is 89.5 cm³/mol. The van der Waals surface area contributed by atoms with E-state index >= 15 is 0 Å². The Hall–Kier alpha value is -2.57. The highest BCUT2D eigenvalue weighted by atomic mass is 16.4. The molecule has 3 N–H and O–H groups in total. The molecule has 1 aliphatic heterocycles. The van der Waals surface area contributed by atoms with Gasteiger partial charge in [0.1, 0.15) is 0 Å². The number of carbonyl (C=O) groups excluding carboxylic acids is 2. The van der Waals surface area contributed by atoms with Gasteiger partial charge in [-0.25, -0.2) is 4.79 Å². The molecule has 0 saturated carbocycles. The van der Waals surface area contributed by atoms with Gasteiger partial charge in [0, 0.05) is 32.2 Å². The van der Waals surface area contributed by atoms with Crippen LogP contribution in [0.4, 0.5) is 10.5 Å². The number of carboxylic acid groups (broad SMARTS) is 1. The average Bonchev–Trinajstić information content (AvgIpc) is 2.51. The molecule has 0 aliphatic carbocycles. The number of aliphatic carboxylic acids is 1. The molecule has 0 radical (unpaired) electrons. The third kappa shape index (κ3) is 4.97. The first kappa shape index (κ1) is 17.8. The molecule has 1 aromatic rings. The Balaban J connectivity index is 1.92. The number of rotatable bonds is 4. The summed E-state index contributed by atoms with van der Waals surface area (Å²) in [5.74, 6) is -1.36. The second kappa shape index (κ2) is 7.81. The van der Waals surface area contributed by atoms with Crippen LogP contribution in [0.3, 0.4) is 0 Å². The number of carboxylic acids is 1. The van der Waals surface area contributed by atoms with Crippen molar-refractivity contribution in [2.45, 2.75) is 26.8 Å². The number of hydrogen-bond donors (Lipinski definition) is 3. The normalized spacial score (nSPS) is 20.3. The van der Waals surface area contributed by atoms with Crippen LogP contribution in [0.25, 0.3) is 0 Å². The van der Waals surface area contributed by atoms with Crippen LogP contribution < -0.4 is 10.6 Å². The molecule has 1 aliphatic rings. The summed E-state index contributed by atoms with van der Waals surface area (Å²) < 4.78 is 0. The SMILES string of the molecule is CC(=O)Nc1cccc(CNC(=O)N2CC(C)CC(C(=O)O)C2)c1. The molecule has 130 valence electrons. The minimum atomic E-state index is -0.859.